The third-order valence-electron chi connectivity index (χ3n) is 6.14. The first-order valence-electron chi connectivity index (χ1n) is 9.72. The minimum absolute atomic E-state index is 0.0582. The zero-order chi connectivity index (χ0) is 18.9. The molecule has 0 saturated heterocycles. The van der Waals surface area contributed by atoms with Gasteiger partial charge in [-0.2, -0.15) is 0 Å². The molecule has 26 heavy (non-hydrogen) atoms. The highest BCUT2D eigenvalue weighted by atomic mass is 16.5. The molecule has 1 heterocycles. The summed E-state index contributed by atoms with van der Waals surface area (Å²) in [4.78, 5) is 0. The van der Waals surface area contributed by atoms with Gasteiger partial charge in [0.25, 0.3) is 5.69 Å². The molecule has 0 radical (unpaired) electrons. The molecular formula is C24H30NO+. The van der Waals surface area contributed by atoms with E-state index >= 15 is 0 Å². The quantitative estimate of drug-likeness (QED) is 0.453. The maximum Gasteiger partial charge on any atom is 0.266 e. The monoisotopic (exact) mass is 348 g/mol. The molecular weight excluding hydrogens is 318 g/mol. The standard InChI is InChI=1S/C24H30NO/c1-15-8-7-9-16(2)21(15)17-10-11-18-19-13-23(3,4)14-24(5,6)22(19)25(26)20(18)12-17/h8,10-13,26H,7,9,14H2,1-6H3/q+1. The summed E-state index contributed by atoms with van der Waals surface area (Å²) < 4.78 is 1.46. The van der Waals surface area contributed by atoms with E-state index in [1.807, 2.05) is 0 Å². The molecule has 0 spiro atoms. The van der Waals surface area contributed by atoms with E-state index in [9.17, 15) is 5.21 Å². The topological polar surface area (TPSA) is 23.2 Å². The Morgan fingerprint density at radius 3 is 2.50 bits per heavy atom. The van der Waals surface area contributed by atoms with Crippen LogP contribution in [-0.2, 0) is 0 Å². The van der Waals surface area contributed by atoms with Crippen LogP contribution in [0.1, 0.15) is 71.9 Å². The summed E-state index contributed by atoms with van der Waals surface area (Å²) in [5.41, 5.74) is 9.76. The molecule has 0 unspecified atom stereocenters. The van der Waals surface area contributed by atoms with E-state index in [2.05, 4.69) is 71.9 Å². The number of hydrogen-bond acceptors (Lipinski definition) is 1. The SMILES string of the molecule is CC1=CCCC(C)=C1c1ccc2c(c1)[N+](O)=C1C2=CC(C)(C)CC1(C)C. The number of hydrogen-bond donors (Lipinski definition) is 1. The maximum absolute atomic E-state index is 11.1. The molecule has 0 saturated carbocycles. The minimum atomic E-state index is -0.0582. The van der Waals surface area contributed by atoms with Gasteiger partial charge in [0.05, 0.1) is 16.6 Å². The Kier molecular flexibility index (Phi) is 3.63. The average Bonchev–Trinajstić information content (AvgIpc) is 2.78. The van der Waals surface area contributed by atoms with Gasteiger partial charge < -0.3 is 0 Å². The first-order chi connectivity index (χ1) is 12.1. The molecule has 2 heteroatoms. The van der Waals surface area contributed by atoms with Crippen LogP contribution in [0.15, 0.2) is 41.5 Å². The lowest BCUT2D eigenvalue weighted by molar-refractivity contribution is -0.712. The summed E-state index contributed by atoms with van der Waals surface area (Å²) in [5, 5.41) is 11.1. The number of rotatable bonds is 1. The predicted molar refractivity (Wildman–Crippen MR) is 109 cm³/mol. The zero-order valence-electron chi connectivity index (χ0n) is 16.9. The molecule has 0 amide bonds. The fourth-order valence-corrected chi connectivity index (χ4v) is 5.46. The van der Waals surface area contributed by atoms with E-state index < -0.39 is 0 Å². The van der Waals surface area contributed by atoms with Crippen LogP contribution >= 0.6 is 0 Å². The van der Waals surface area contributed by atoms with Crippen molar-refractivity contribution in [2.24, 2.45) is 10.8 Å². The van der Waals surface area contributed by atoms with E-state index in [1.54, 1.807) is 0 Å². The van der Waals surface area contributed by atoms with Crippen molar-refractivity contribution in [2.75, 3.05) is 0 Å². The Hall–Kier alpha value is -2.09. The smallest absolute Gasteiger partial charge is 0.266 e. The number of fused-ring (bicyclic) bond motifs is 3. The van der Waals surface area contributed by atoms with E-state index in [0.29, 0.717) is 0 Å². The molecule has 1 aromatic rings. The minimum Gasteiger partial charge on any atom is -0.284 e. The van der Waals surface area contributed by atoms with Crippen molar-refractivity contribution < 1.29 is 9.95 Å². The van der Waals surface area contributed by atoms with Gasteiger partial charge in [-0.05, 0) is 75.1 Å². The highest BCUT2D eigenvalue weighted by molar-refractivity contribution is 6.27. The summed E-state index contributed by atoms with van der Waals surface area (Å²) in [6.07, 6.45) is 7.96. The Morgan fingerprint density at radius 1 is 1.08 bits per heavy atom. The lowest BCUT2D eigenvalue weighted by Crippen LogP contribution is -2.37. The van der Waals surface area contributed by atoms with Crippen LogP contribution in [0.4, 0.5) is 5.69 Å². The Balaban J connectivity index is 1.91. The van der Waals surface area contributed by atoms with Crippen LogP contribution in [0.5, 0.6) is 0 Å². The number of benzene rings is 1. The second-order valence-corrected chi connectivity index (χ2v) is 9.58. The normalized spacial score (nSPS) is 23.5. The van der Waals surface area contributed by atoms with Crippen LogP contribution in [0, 0.1) is 10.8 Å². The molecule has 136 valence electrons. The van der Waals surface area contributed by atoms with Crippen LogP contribution in [0.25, 0.3) is 11.1 Å². The first-order valence-corrected chi connectivity index (χ1v) is 9.72. The molecule has 2 nitrogen and oxygen atoms in total. The number of allylic oxidation sites excluding steroid dienone is 6. The fraction of sp³-hybridized carbons (Fsp3) is 0.458. The fourth-order valence-electron chi connectivity index (χ4n) is 5.46. The van der Waals surface area contributed by atoms with Gasteiger partial charge in [0.2, 0.25) is 5.71 Å². The number of nitrogens with zero attached hydrogens (tertiary/aromatic N) is 1. The molecule has 0 atom stereocenters. The molecule has 0 fully saturated rings. The van der Waals surface area contributed by atoms with Crippen molar-refractivity contribution in [1.29, 1.82) is 0 Å². The van der Waals surface area contributed by atoms with Crippen LogP contribution < -0.4 is 0 Å². The van der Waals surface area contributed by atoms with E-state index in [1.165, 1.54) is 32.6 Å². The first kappa shape index (κ1) is 17.3. The second kappa shape index (κ2) is 5.45. The molecule has 4 rings (SSSR count). The molecule has 1 N–H and O–H groups in total. The van der Waals surface area contributed by atoms with Gasteiger partial charge in [0.1, 0.15) is 0 Å². The second-order valence-electron chi connectivity index (χ2n) is 9.58. The van der Waals surface area contributed by atoms with Crippen molar-refractivity contribution in [3.05, 3.63) is 52.6 Å². The van der Waals surface area contributed by atoms with Crippen molar-refractivity contribution in [2.45, 2.75) is 60.8 Å². The highest BCUT2D eigenvalue weighted by Crippen LogP contribution is 2.51. The highest BCUT2D eigenvalue weighted by Gasteiger charge is 2.50. The molecule has 1 aromatic carbocycles. The van der Waals surface area contributed by atoms with E-state index in [0.717, 1.165) is 36.2 Å². The van der Waals surface area contributed by atoms with Crippen molar-refractivity contribution in [3.63, 3.8) is 0 Å². The lowest BCUT2D eigenvalue weighted by Gasteiger charge is -2.35. The molecule has 1 aliphatic heterocycles. The summed E-state index contributed by atoms with van der Waals surface area (Å²) >= 11 is 0. The summed E-state index contributed by atoms with van der Waals surface area (Å²) in [6, 6.07) is 6.60. The third-order valence-corrected chi connectivity index (χ3v) is 6.14. The van der Waals surface area contributed by atoms with Gasteiger partial charge in [-0.1, -0.05) is 37.6 Å². The van der Waals surface area contributed by atoms with Gasteiger partial charge in [0.15, 0.2) is 0 Å². The van der Waals surface area contributed by atoms with Crippen molar-refractivity contribution in [3.8, 4) is 0 Å². The van der Waals surface area contributed by atoms with Gasteiger partial charge in [0, 0.05) is 10.8 Å². The van der Waals surface area contributed by atoms with Crippen LogP contribution in [-0.4, -0.2) is 15.7 Å². The Labute approximate surface area is 157 Å². The largest absolute Gasteiger partial charge is 0.284 e. The van der Waals surface area contributed by atoms with Crippen LogP contribution in [0.3, 0.4) is 0 Å². The Bertz CT molecular complexity index is 935. The summed E-state index contributed by atoms with van der Waals surface area (Å²) in [6.45, 7) is 13.5. The average molecular weight is 349 g/mol. The molecule has 2 aliphatic carbocycles. The molecule has 0 bridgehead atoms. The summed E-state index contributed by atoms with van der Waals surface area (Å²) in [5.74, 6) is 0. The predicted octanol–water partition coefficient (Wildman–Crippen LogP) is 6.53. The molecule has 3 aliphatic rings. The van der Waals surface area contributed by atoms with Gasteiger partial charge >= 0.3 is 0 Å². The molecule has 0 aromatic heterocycles. The van der Waals surface area contributed by atoms with Crippen molar-refractivity contribution >= 4 is 22.5 Å². The lowest BCUT2D eigenvalue weighted by atomic mass is 9.65. The Morgan fingerprint density at radius 2 is 1.81 bits per heavy atom. The van der Waals surface area contributed by atoms with Crippen LogP contribution in [0.2, 0.25) is 0 Å². The van der Waals surface area contributed by atoms with Gasteiger partial charge in [-0.15, -0.1) is 0 Å². The third kappa shape index (κ3) is 2.50. The van der Waals surface area contributed by atoms with E-state index in [4.69, 9.17) is 0 Å². The summed E-state index contributed by atoms with van der Waals surface area (Å²) in [7, 11) is 0. The van der Waals surface area contributed by atoms with Crippen molar-refractivity contribution in [1.82, 2.24) is 0 Å². The van der Waals surface area contributed by atoms with Gasteiger partial charge in [-0.3, -0.25) is 5.21 Å². The van der Waals surface area contributed by atoms with Gasteiger partial charge in [-0.25, -0.2) is 0 Å². The maximum atomic E-state index is 11.1. The van der Waals surface area contributed by atoms with E-state index in [-0.39, 0.29) is 10.8 Å². The zero-order valence-corrected chi connectivity index (χ0v) is 16.9.